The Kier molecular flexibility index (Phi) is 4.55. The van der Waals surface area contributed by atoms with Crippen molar-refractivity contribution in [1.29, 1.82) is 0 Å². The number of benzene rings is 1. The molecular weight excluding hydrogens is 260 g/mol. The van der Waals surface area contributed by atoms with Gasteiger partial charge in [-0.15, -0.1) is 0 Å². The minimum Gasteiger partial charge on any atom is -0.507 e. The number of carboxylic acids is 1. The van der Waals surface area contributed by atoms with Crippen LogP contribution in [0.1, 0.15) is 11.5 Å². The topological polar surface area (TPSA) is 96.2 Å². The first kappa shape index (κ1) is 14.3. The van der Waals surface area contributed by atoms with Gasteiger partial charge in [-0.2, -0.15) is 12.6 Å². The fraction of sp³-hybridized carbons (Fsp3) is 0.364. The van der Waals surface area contributed by atoms with Crippen molar-refractivity contribution in [2.45, 2.75) is 5.92 Å². The third kappa shape index (κ3) is 2.40. The molecule has 0 saturated carbocycles. The summed E-state index contributed by atoms with van der Waals surface area (Å²) in [4.78, 5) is 11.1. The minimum absolute atomic E-state index is 0.00333. The molecule has 1 unspecified atom stereocenters. The van der Waals surface area contributed by atoms with Crippen molar-refractivity contribution < 1.29 is 29.6 Å². The number of ether oxygens (including phenoxy) is 2. The van der Waals surface area contributed by atoms with Gasteiger partial charge < -0.3 is 24.8 Å². The number of phenols is 2. The predicted octanol–water partition coefficient (Wildman–Crippen LogP) is 1.21. The number of carbonyl (C=O) groups is 1. The molecule has 0 fully saturated rings. The first-order valence-corrected chi connectivity index (χ1v) is 5.61. The van der Waals surface area contributed by atoms with Gasteiger partial charge in [0.15, 0.2) is 11.5 Å². The number of aliphatic carboxylic acids is 1. The van der Waals surface area contributed by atoms with Crippen LogP contribution in [-0.4, -0.2) is 41.3 Å². The number of aromatic hydroxyl groups is 2. The highest BCUT2D eigenvalue weighted by Crippen LogP contribution is 2.47. The zero-order chi connectivity index (χ0) is 13.9. The average molecular weight is 274 g/mol. The monoisotopic (exact) mass is 274 g/mol. The Hall–Kier alpha value is -1.76. The molecule has 0 aliphatic carbocycles. The summed E-state index contributed by atoms with van der Waals surface area (Å²) in [6, 6.07) is 1.13. The van der Waals surface area contributed by atoms with Crippen LogP contribution in [0, 0.1) is 0 Å². The summed E-state index contributed by atoms with van der Waals surface area (Å²) in [6.07, 6.45) is 0. The third-order valence-corrected chi connectivity index (χ3v) is 2.86. The van der Waals surface area contributed by atoms with Crippen molar-refractivity contribution >= 4 is 18.6 Å². The number of rotatable bonds is 5. The standard InChI is InChI=1S/C11H14O6S/c1-16-7-3-6(12)8(5(4-18)11(14)15)10(17-2)9(7)13/h3,5,12-13,18H,4H2,1-2H3,(H,14,15). The van der Waals surface area contributed by atoms with Gasteiger partial charge in [-0.05, 0) is 0 Å². The molecule has 1 aromatic carbocycles. The number of phenolic OH excluding ortho intramolecular Hbond substituents is 2. The van der Waals surface area contributed by atoms with E-state index in [1.165, 1.54) is 14.2 Å². The summed E-state index contributed by atoms with van der Waals surface area (Å²) >= 11 is 3.92. The van der Waals surface area contributed by atoms with Gasteiger partial charge in [0.25, 0.3) is 0 Å². The van der Waals surface area contributed by atoms with Gasteiger partial charge in [-0.25, -0.2) is 0 Å². The van der Waals surface area contributed by atoms with Crippen molar-refractivity contribution in [1.82, 2.24) is 0 Å². The van der Waals surface area contributed by atoms with E-state index in [1.807, 2.05) is 0 Å². The first-order valence-electron chi connectivity index (χ1n) is 4.98. The van der Waals surface area contributed by atoms with E-state index in [-0.39, 0.29) is 34.3 Å². The predicted molar refractivity (Wildman–Crippen MR) is 67.1 cm³/mol. The molecule has 1 atom stereocenters. The molecule has 6 nitrogen and oxygen atoms in total. The fourth-order valence-corrected chi connectivity index (χ4v) is 1.96. The molecule has 0 bridgehead atoms. The van der Waals surface area contributed by atoms with Crippen molar-refractivity contribution in [3.63, 3.8) is 0 Å². The zero-order valence-electron chi connectivity index (χ0n) is 9.88. The summed E-state index contributed by atoms with van der Waals surface area (Å²) in [7, 11) is 2.57. The van der Waals surface area contributed by atoms with Crippen molar-refractivity contribution in [2.24, 2.45) is 0 Å². The summed E-state index contributed by atoms with van der Waals surface area (Å²) in [5, 5.41) is 28.7. The summed E-state index contributed by atoms with van der Waals surface area (Å²) < 4.78 is 9.79. The molecule has 0 spiro atoms. The lowest BCUT2D eigenvalue weighted by atomic mass is 9.98. The van der Waals surface area contributed by atoms with E-state index in [0.717, 1.165) is 6.07 Å². The van der Waals surface area contributed by atoms with E-state index >= 15 is 0 Å². The number of methoxy groups -OCH3 is 2. The van der Waals surface area contributed by atoms with Crippen LogP contribution >= 0.6 is 12.6 Å². The molecule has 1 rings (SSSR count). The summed E-state index contributed by atoms with van der Waals surface area (Å²) in [5.74, 6) is -3.15. The second-order valence-corrected chi connectivity index (χ2v) is 3.83. The van der Waals surface area contributed by atoms with Gasteiger partial charge >= 0.3 is 5.97 Å². The Morgan fingerprint density at radius 3 is 2.39 bits per heavy atom. The first-order chi connectivity index (χ1) is 8.47. The Labute approximate surface area is 109 Å². The lowest BCUT2D eigenvalue weighted by Gasteiger charge is -2.18. The number of hydrogen-bond donors (Lipinski definition) is 4. The highest BCUT2D eigenvalue weighted by Gasteiger charge is 2.29. The highest BCUT2D eigenvalue weighted by molar-refractivity contribution is 7.80. The molecule has 18 heavy (non-hydrogen) atoms. The smallest absolute Gasteiger partial charge is 0.312 e. The maximum atomic E-state index is 11.1. The maximum absolute atomic E-state index is 11.1. The van der Waals surface area contributed by atoms with Crippen LogP contribution in [0.4, 0.5) is 0 Å². The van der Waals surface area contributed by atoms with E-state index in [4.69, 9.17) is 14.6 Å². The lowest BCUT2D eigenvalue weighted by Crippen LogP contribution is -2.14. The highest BCUT2D eigenvalue weighted by atomic mass is 32.1. The molecule has 0 amide bonds. The number of thiol groups is 1. The van der Waals surface area contributed by atoms with Gasteiger partial charge in [0.2, 0.25) is 5.75 Å². The molecule has 1 aromatic rings. The van der Waals surface area contributed by atoms with Crippen molar-refractivity contribution in [3.05, 3.63) is 11.6 Å². The van der Waals surface area contributed by atoms with Crippen LogP contribution in [-0.2, 0) is 4.79 Å². The zero-order valence-corrected chi connectivity index (χ0v) is 10.8. The van der Waals surface area contributed by atoms with Crippen LogP contribution < -0.4 is 9.47 Å². The molecule has 0 aliphatic rings. The molecular formula is C11H14O6S. The second kappa shape index (κ2) is 5.72. The normalized spacial score (nSPS) is 11.9. The van der Waals surface area contributed by atoms with E-state index in [0.29, 0.717) is 0 Å². The number of hydrogen-bond acceptors (Lipinski definition) is 6. The molecule has 0 aromatic heterocycles. The maximum Gasteiger partial charge on any atom is 0.312 e. The van der Waals surface area contributed by atoms with Crippen LogP contribution in [0.25, 0.3) is 0 Å². The molecule has 0 saturated heterocycles. The van der Waals surface area contributed by atoms with Crippen molar-refractivity contribution in [3.8, 4) is 23.0 Å². The quantitative estimate of drug-likeness (QED) is 0.476. The Bertz CT molecular complexity index is 459. The van der Waals surface area contributed by atoms with Crippen LogP contribution in [0.2, 0.25) is 0 Å². The van der Waals surface area contributed by atoms with E-state index in [2.05, 4.69) is 12.6 Å². The van der Waals surface area contributed by atoms with E-state index < -0.39 is 11.9 Å². The SMILES string of the molecule is COc1cc(O)c(C(CS)C(=O)O)c(OC)c1O. The van der Waals surface area contributed by atoms with Crippen LogP contribution in [0.3, 0.4) is 0 Å². The molecule has 3 N–H and O–H groups in total. The van der Waals surface area contributed by atoms with E-state index in [1.54, 1.807) is 0 Å². The van der Waals surface area contributed by atoms with Gasteiger partial charge in [0.05, 0.1) is 25.7 Å². The van der Waals surface area contributed by atoms with Gasteiger partial charge in [0.1, 0.15) is 5.75 Å². The lowest BCUT2D eigenvalue weighted by molar-refractivity contribution is -0.138. The van der Waals surface area contributed by atoms with Gasteiger partial charge in [-0.1, -0.05) is 0 Å². The molecule has 0 radical (unpaired) electrons. The fourth-order valence-electron chi connectivity index (χ4n) is 1.62. The Morgan fingerprint density at radius 1 is 1.39 bits per heavy atom. The molecule has 0 heterocycles. The summed E-state index contributed by atoms with van der Waals surface area (Å²) in [6.45, 7) is 0. The van der Waals surface area contributed by atoms with Crippen LogP contribution in [0.5, 0.6) is 23.0 Å². The third-order valence-electron chi connectivity index (χ3n) is 2.49. The van der Waals surface area contributed by atoms with Crippen LogP contribution in [0.15, 0.2) is 6.07 Å². The second-order valence-electron chi connectivity index (χ2n) is 3.47. The summed E-state index contributed by atoms with van der Waals surface area (Å²) in [5.41, 5.74) is -0.0294. The molecule has 0 aliphatic heterocycles. The van der Waals surface area contributed by atoms with Gasteiger partial charge in [0, 0.05) is 11.8 Å². The van der Waals surface area contributed by atoms with Crippen molar-refractivity contribution in [2.75, 3.05) is 20.0 Å². The molecule has 7 heteroatoms. The number of carboxylic acid groups (broad SMARTS) is 1. The molecule has 100 valence electrons. The Morgan fingerprint density at radius 2 is 2.00 bits per heavy atom. The Balaban J connectivity index is 3.52. The largest absolute Gasteiger partial charge is 0.507 e. The van der Waals surface area contributed by atoms with Gasteiger partial charge in [-0.3, -0.25) is 4.79 Å². The van der Waals surface area contributed by atoms with E-state index in [9.17, 15) is 15.0 Å². The minimum atomic E-state index is -1.18. The average Bonchev–Trinajstić information content (AvgIpc) is 2.33.